The predicted molar refractivity (Wildman–Crippen MR) is 92.9 cm³/mol. The van der Waals surface area contributed by atoms with Crippen molar-refractivity contribution in [2.24, 2.45) is 0 Å². The second-order valence-electron chi connectivity index (χ2n) is 4.99. The lowest BCUT2D eigenvalue weighted by molar-refractivity contribution is 0.542. The molecule has 1 atom stereocenters. The summed E-state index contributed by atoms with van der Waals surface area (Å²) < 4.78 is 1.07. The van der Waals surface area contributed by atoms with E-state index in [-0.39, 0.29) is 6.04 Å². The Bertz CT molecular complexity index is 584. The van der Waals surface area contributed by atoms with Gasteiger partial charge in [0.05, 0.1) is 0 Å². The molecule has 2 aromatic rings. The third-order valence-electron chi connectivity index (χ3n) is 3.49. The van der Waals surface area contributed by atoms with Crippen LogP contribution in [0, 0.1) is 0 Å². The first-order chi connectivity index (χ1) is 10.1. The summed E-state index contributed by atoms with van der Waals surface area (Å²) in [6, 6.07) is 10.4. The molecular weight excluding hydrogens is 348 g/mol. The molecular formula is C17H20BrClN2. The lowest BCUT2D eigenvalue weighted by Crippen LogP contribution is -2.23. The van der Waals surface area contributed by atoms with Gasteiger partial charge in [0.15, 0.2) is 0 Å². The summed E-state index contributed by atoms with van der Waals surface area (Å²) >= 11 is 9.76. The lowest BCUT2D eigenvalue weighted by atomic mass is 10.0. The summed E-state index contributed by atoms with van der Waals surface area (Å²) in [5.41, 5.74) is 3.53. The first-order valence-corrected chi connectivity index (χ1v) is 8.43. The maximum absolute atomic E-state index is 6.14. The topological polar surface area (TPSA) is 24.9 Å². The molecule has 4 heteroatoms. The standard InChI is InChI=1S/C17H20BrClN2/c1-3-12-5-7-14(21-11-12)10-17(20-4-2)15-9-13(19)6-8-16(15)18/h5-9,11,17,20H,3-4,10H2,1-2H3. The fraction of sp³-hybridized carbons (Fsp3) is 0.353. The molecule has 1 aromatic carbocycles. The summed E-state index contributed by atoms with van der Waals surface area (Å²) in [4.78, 5) is 4.56. The van der Waals surface area contributed by atoms with E-state index in [4.69, 9.17) is 11.6 Å². The lowest BCUT2D eigenvalue weighted by Gasteiger charge is -2.20. The Morgan fingerprint density at radius 3 is 2.67 bits per heavy atom. The zero-order valence-corrected chi connectivity index (χ0v) is 14.7. The van der Waals surface area contributed by atoms with Crippen molar-refractivity contribution >= 4 is 27.5 Å². The van der Waals surface area contributed by atoms with E-state index < -0.39 is 0 Å². The van der Waals surface area contributed by atoms with E-state index in [9.17, 15) is 0 Å². The van der Waals surface area contributed by atoms with Gasteiger partial charge < -0.3 is 5.32 Å². The van der Waals surface area contributed by atoms with Gasteiger partial charge in [-0.1, -0.05) is 47.4 Å². The van der Waals surface area contributed by atoms with Gasteiger partial charge in [-0.15, -0.1) is 0 Å². The van der Waals surface area contributed by atoms with E-state index in [1.807, 2.05) is 24.4 Å². The van der Waals surface area contributed by atoms with Gasteiger partial charge in [-0.05, 0) is 48.4 Å². The van der Waals surface area contributed by atoms with Crippen molar-refractivity contribution in [3.63, 3.8) is 0 Å². The predicted octanol–water partition coefficient (Wildman–Crippen LogP) is 4.95. The third kappa shape index (κ3) is 4.53. The fourth-order valence-corrected chi connectivity index (χ4v) is 3.02. The van der Waals surface area contributed by atoms with E-state index in [2.05, 4.69) is 52.2 Å². The average molecular weight is 368 g/mol. The molecule has 0 amide bonds. The van der Waals surface area contributed by atoms with Crippen LogP contribution in [0.1, 0.15) is 36.7 Å². The summed E-state index contributed by atoms with van der Waals surface area (Å²) in [5, 5.41) is 4.27. The van der Waals surface area contributed by atoms with Crippen LogP contribution in [0.2, 0.25) is 5.02 Å². The molecule has 0 bridgehead atoms. The molecule has 112 valence electrons. The van der Waals surface area contributed by atoms with Crippen LogP contribution in [-0.2, 0) is 12.8 Å². The average Bonchev–Trinajstić information content (AvgIpc) is 2.50. The molecule has 1 N–H and O–H groups in total. The number of hydrogen-bond acceptors (Lipinski definition) is 2. The van der Waals surface area contributed by atoms with Crippen LogP contribution in [0.25, 0.3) is 0 Å². The molecule has 0 aliphatic carbocycles. The Hall–Kier alpha value is -0.900. The highest BCUT2D eigenvalue weighted by molar-refractivity contribution is 9.10. The molecule has 0 saturated heterocycles. The number of aromatic nitrogens is 1. The fourth-order valence-electron chi connectivity index (χ4n) is 2.31. The Kier molecular flexibility index (Phi) is 6.22. The summed E-state index contributed by atoms with van der Waals surface area (Å²) in [6.07, 6.45) is 3.83. The number of hydrogen-bond donors (Lipinski definition) is 1. The van der Waals surface area contributed by atoms with Crippen molar-refractivity contribution in [2.45, 2.75) is 32.7 Å². The van der Waals surface area contributed by atoms with Gasteiger partial charge in [-0.2, -0.15) is 0 Å². The van der Waals surface area contributed by atoms with Crippen LogP contribution < -0.4 is 5.32 Å². The van der Waals surface area contributed by atoms with Crippen molar-refractivity contribution in [3.05, 3.63) is 62.8 Å². The zero-order valence-electron chi connectivity index (χ0n) is 12.4. The van der Waals surface area contributed by atoms with E-state index >= 15 is 0 Å². The number of likely N-dealkylation sites (N-methyl/N-ethyl adjacent to an activating group) is 1. The number of aryl methyl sites for hydroxylation is 1. The number of nitrogens with zero attached hydrogens (tertiary/aromatic N) is 1. The molecule has 0 aliphatic heterocycles. The quantitative estimate of drug-likeness (QED) is 0.781. The largest absolute Gasteiger partial charge is 0.310 e. The van der Waals surface area contributed by atoms with Crippen LogP contribution >= 0.6 is 27.5 Å². The van der Waals surface area contributed by atoms with Gasteiger partial charge in [0.2, 0.25) is 0 Å². The molecule has 0 spiro atoms. The number of halogens is 2. The number of pyridine rings is 1. The number of benzene rings is 1. The SMILES string of the molecule is CCNC(Cc1ccc(CC)cn1)c1cc(Cl)ccc1Br. The van der Waals surface area contributed by atoms with Gasteiger partial charge in [-0.3, -0.25) is 4.98 Å². The maximum atomic E-state index is 6.14. The van der Waals surface area contributed by atoms with Gasteiger partial charge in [-0.25, -0.2) is 0 Å². The van der Waals surface area contributed by atoms with Gasteiger partial charge >= 0.3 is 0 Å². The highest BCUT2D eigenvalue weighted by Gasteiger charge is 2.15. The summed E-state index contributed by atoms with van der Waals surface area (Å²) in [7, 11) is 0. The maximum Gasteiger partial charge on any atom is 0.0422 e. The molecule has 2 nitrogen and oxygen atoms in total. The zero-order chi connectivity index (χ0) is 15.2. The van der Waals surface area contributed by atoms with E-state index in [0.717, 1.165) is 34.6 Å². The Labute approximate surface area is 140 Å². The molecule has 21 heavy (non-hydrogen) atoms. The Morgan fingerprint density at radius 1 is 1.24 bits per heavy atom. The van der Waals surface area contributed by atoms with Crippen molar-refractivity contribution < 1.29 is 0 Å². The minimum absolute atomic E-state index is 0.197. The molecule has 1 unspecified atom stereocenters. The molecule has 0 fully saturated rings. The Morgan fingerprint density at radius 2 is 2.05 bits per heavy atom. The van der Waals surface area contributed by atoms with Crippen molar-refractivity contribution in [1.29, 1.82) is 0 Å². The monoisotopic (exact) mass is 366 g/mol. The van der Waals surface area contributed by atoms with Crippen LogP contribution in [0.3, 0.4) is 0 Å². The third-order valence-corrected chi connectivity index (χ3v) is 4.45. The molecule has 1 aromatic heterocycles. The normalized spacial score (nSPS) is 12.4. The van der Waals surface area contributed by atoms with Crippen LogP contribution in [-0.4, -0.2) is 11.5 Å². The first-order valence-electron chi connectivity index (χ1n) is 7.26. The molecule has 0 aliphatic rings. The van der Waals surface area contributed by atoms with Gasteiger partial charge in [0, 0.05) is 33.8 Å². The highest BCUT2D eigenvalue weighted by Crippen LogP contribution is 2.28. The smallest absolute Gasteiger partial charge is 0.0422 e. The van der Waals surface area contributed by atoms with Crippen molar-refractivity contribution in [1.82, 2.24) is 10.3 Å². The second-order valence-corrected chi connectivity index (χ2v) is 6.28. The van der Waals surface area contributed by atoms with E-state index in [0.29, 0.717) is 0 Å². The summed E-state index contributed by atoms with van der Waals surface area (Å²) in [5.74, 6) is 0. The second kappa shape index (κ2) is 7.92. The molecule has 1 heterocycles. The van der Waals surface area contributed by atoms with Gasteiger partial charge in [0.25, 0.3) is 0 Å². The van der Waals surface area contributed by atoms with E-state index in [1.54, 1.807) is 0 Å². The van der Waals surface area contributed by atoms with Crippen molar-refractivity contribution in [2.75, 3.05) is 6.54 Å². The van der Waals surface area contributed by atoms with Gasteiger partial charge in [0.1, 0.15) is 0 Å². The van der Waals surface area contributed by atoms with Crippen LogP contribution in [0.15, 0.2) is 41.0 Å². The van der Waals surface area contributed by atoms with Crippen molar-refractivity contribution in [3.8, 4) is 0 Å². The van der Waals surface area contributed by atoms with Crippen LogP contribution in [0.5, 0.6) is 0 Å². The highest BCUT2D eigenvalue weighted by atomic mass is 79.9. The molecule has 0 radical (unpaired) electrons. The molecule has 0 saturated carbocycles. The summed E-state index contributed by atoms with van der Waals surface area (Å²) in [6.45, 7) is 5.15. The van der Waals surface area contributed by atoms with E-state index in [1.165, 1.54) is 11.1 Å². The minimum Gasteiger partial charge on any atom is -0.310 e. The first kappa shape index (κ1) is 16.5. The number of rotatable bonds is 6. The Balaban J connectivity index is 2.23. The number of nitrogens with one attached hydrogen (secondary N) is 1. The van der Waals surface area contributed by atoms with Crippen LogP contribution in [0.4, 0.5) is 0 Å². The minimum atomic E-state index is 0.197. The molecule has 2 rings (SSSR count).